The van der Waals surface area contributed by atoms with Gasteiger partial charge >= 0.3 is 0 Å². The zero-order valence-electron chi connectivity index (χ0n) is 16.4. The van der Waals surface area contributed by atoms with Crippen LogP contribution in [0.5, 0.6) is 5.75 Å². The molecule has 1 N–H and O–H groups in total. The Morgan fingerprint density at radius 1 is 1.28 bits per heavy atom. The summed E-state index contributed by atoms with van der Waals surface area (Å²) >= 11 is 0. The number of hydrogen-bond donors (Lipinski definition) is 1. The molecular weight excluding hydrogens is 371 g/mol. The zero-order valence-corrected chi connectivity index (χ0v) is 16.4. The molecule has 1 heterocycles. The van der Waals surface area contributed by atoms with E-state index in [1.165, 1.54) is 16.8 Å². The summed E-state index contributed by atoms with van der Waals surface area (Å²) in [6.45, 7) is 6.27. The molecule has 2 aromatic carbocycles. The van der Waals surface area contributed by atoms with Gasteiger partial charge in [0.25, 0.3) is 5.91 Å². The van der Waals surface area contributed by atoms with Crippen LogP contribution in [-0.2, 0) is 0 Å². The first kappa shape index (κ1) is 20.1. The fraction of sp³-hybridized carbons (Fsp3) is 0.227. The number of hydrogen-bond acceptors (Lipinski definition) is 4. The molecule has 0 spiro atoms. The number of benzene rings is 2. The number of nitrogens with zero attached hydrogens (tertiary/aromatic N) is 3. The molecule has 29 heavy (non-hydrogen) atoms. The summed E-state index contributed by atoms with van der Waals surface area (Å²) in [6.07, 6.45) is 1.59. The summed E-state index contributed by atoms with van der Waals surface area (Å²) in [5.74, 6) is 0.126. The van der Waals surface area contributed by atoms with Gasteiger partial charge in [0.2, 0.25) is 0 Å². The predicted molar refractivity (Wildman–Crippen MR) is 108 cm³/mol. The standard InChI is InChI=1S/C22H21FN4O2/c1-14(2)13-29-21-9-6-18(10-16(21)11-24)25-22(28)20-12-27(26-15(20)3)19-7-4-17(23)5-8-19/h4-10,12,14H,13H2,1-3H3,(H,25,28). The monoisotopic (exact) mass is 392 g/mol. The van der Waals surface area contributed by atoms with Gasteiger partial charge in [-0.25, -0.2) is 9.07 Å². The van der Waals surface area contributed by atoms with Crippen molar-refractivity contribution in [3.8, 4) is 17.5 Å². The Morgan fingerprint density at radius 3 is 2.66 bits per heavy atom. The number of aromatic nitrogens is 2. The molecule has 0 fully saturated rings. The van der Waals surface area contributed by atoms with E-state index in [2.05, 4.69) is 16.5 Å². The SMILES string of the molecule is Cc1nn(-c2ccc(F)cc2)cc1C(=O)Nc1ccc(OCC(C)C)c(C#N)c1. The molecule has 3 aromatic rings. The first-order valence-electron chi connectivity index (χ1n) is 9.18. The summed E-state index contributed by atoms with van der Waals surface area (Å²) in [7, 11) is 0. The lowest BCUT2D eigenvalue weighted by molar-refractivity contribution is 0.102. The van der Waals surface area contributed by atoms with Crippen molar-refractivity contribution in [3.63, 3.8) is 0 Å². The number of rotatable bonds is 6. The Balaban J connectivity index is 1.78. The van der Waals surface area contributed by atoms with Gasteiger partial charge in [0.1, 0.15) is 17.6 Å². The maximum Gasteiger partial charge on any atom is 0.259 e. The molecule has 3 rings (SSSR count). The van der Waals surface area contributed by atoms with E-state index in [-0.39, 0.29) is 11.7 Å². The second kappa shape index (κ2) is 8.57. The van der Waals surface area contributed by atoms with Crippen molar-refractivity contribution >= 4 is 11.6 Å². The highest BCUT2D eigenvalue weighted by Gasteiger charge is 2.15. The molecule has 0 aliphatic heterocycles. The molecule has 0 unspecified atom stereocenters. The minimum absolute atomic E-state index is 0.335. The minimum Gasteiger partial charge on any atom is -0.492 e. The highest BCUT2D eigenvalue weighted by molar-refractivity contribution is 6.05. The molecule has 0 aliphatic carbocycles. The van der Waals surface area contributed by atoms with Crippen LogP contribution in [0, 0.1) is 30.0 Å². The van der Waals surface area contributed by atoms with Crippen LogP contribution in [0.4, 0.5) is 10.1 Å². The Hall–Kier alpha value is -3.66. The molecule has 0 aliphatic rings. The number of halogens is 1. The predicted octanol–water partition coefficient (Wildman–Crippen LogP) is 4.48. The molecule has 0 bridgehead atoms. The molecule has 1 aromatic heterocycles. The van der Waals surface area contributed by atoms with Gasteiger partial charge in [0.15, 0.2) is 0 Å². The van der Waals surface area contributed by atoms with Crippen LogP contribution >= 0.6 is 0 Å². The third-order valence-electron chi connectivity index (χ3n) is 4.16. The smallest absolute Gasteiger partial charge is 0.259 e. The van der Waals surface area contributed by atoms with Gasteiger partial charge in [-0.2, -0.15) is 10.4 Å². The number of carbonyl (C=O) groups is 1. The molecule has 0 radical (unpaired) electrons. The summed E-state index contributed by atoms with van der Waals surface area (Å²) in [6, 6.07) is 12.9. The van der Waals surface area contributed by atoms with Crippen LogP contribution in [0.15, 0.2) is 48.7 Å². The molecule has 0 atom stereocenters. The highest BCUT2D eigenvalue weighted by atomic mass is 19.1. The summed E-state index contributed by atoms with van der Waals surface area (Å²) < 4.78 is 20.3. The average Bonchev–Trinajstić information content (AvgIpc) is 3.09. The number of ether oxygens (including phenoxy) is 1. The van der Waals surface area contributed by atoms with Crippen molar-refractivity contribution in [1.82, 2.24) is 9.78 Å². The lowest BCUT2D eigenvalue weighted by atomic mass is 10.1. The van der Waals surface area contributed by atoms with Crippen molar-refractivity contribution in [2.45, 2.75) is 20.8 Å². The van der Waals surface area contributed by atoms with E-state index in [0.717, 1.165) is 0 Å². The largest absolute Gasteiger partial charge is 0.492 e. The third-order valence-corrected chi connectivity index (χ3v) is 4.16. The maximum atomic E-state index is 13.1. The van der Waals surface area contributed by atoms with Crippen molar-refractivity contribution in [2.75, 3.05) is 11.9 Å². The topological polar surface area (TPSA) is 79.9 Å². The van der Waals surface area contributed by atoms with Crippen LogP contribution in [0.3, 0.4) is 0 Å². The first-order valence-corrected chi connectivity index (χ1v) is 9.18. The quantitative estimate of drug-likeness (QED) is 0.671. The van der Waals surface area contributed by atoms with Crippen molar-refractivity contribution in [2.24, 2.45) is 5.92 Å². The van der Waals surface area contributed by atoms with Crippen molar-refractivity contribution < 1.29 is 13.9 Å². The van der Waals surface area contributed by atoms with E-state index in [1.807, 2.05) is 13.8 Å². The normalized spacial score (nSPS) is 10.6. The molecule has 148 valence electrons. The lowest BCUT2D eigenvalue weighted by Gasteiger charge is -2.11. The average molecular weight is 392 g/mol. The van der Waals surface area contributed by atoms with Gasteiger partial charge in [0, 0.05) is 11.9 Å². The van der Waals surface area contributed by atoms with E-state index in [4.69, 9.17) is 4.74 Å². The first-order chi connectivity index (χ1) is 13.9. The van der Waals surface area contributed by atoms with E-state index in [1.54, 1.807) is 43.5 Å². The van der Waals surface area contributed by atoms with Gasteiger partial charge in [0.05, 0.1) is 29.1 Å². The van der Waals surface area contributed by atoms with Crippen molar-refractivity contribution in [1.29, 1.82) is 5.26 Å². The van der Waals surface area contributed by atoms with Gasteiger partial charge in [-0.15, -0.1) is 0 Å². The molecule has 0 saturated heterocycles. The number of aryl methyl sites for hydroxylation is 1. The second-order valence-corrected chi connectivity index (χ2v) is 7.03. The summed E-state index contributed by atoms with van der Waals surface area (Å²) in [5.41, 5.74) is 2.39. The zero-order chi connectivity index (χ0) is 21.0. The lowest BCUT2D eigenvalue weighted by Crippen LogP contribution is -2.13. The minimum atomic E-state index is -0.351. The molecule has 1 amide bonds. The van der Waals surface area contributed by atoms with Crippen LogP contribution < -0.4 is 10.1 Å². The fourth-order valence-corrected chi connectivity index (χ4v) is 2.68. The van der Waals surface area contributed by atoms with Crippen molar-refractivity contribution in [3.05, 3.63) is 71.3 Å². The van der Waals surface area contributed by atoms with E-state index in [9.17, 15) is 14.4 Å². The Bertz CT molecular complexity index is 1070. The third kappa shape index (κ3) is 4.79. The van der Waals surface area contributed by atoms with E-state index in [0.29, 0.717) is 46.5 Å². The Kier molecular flexibility index (Phi) is 5.93. The van der Waals surface area contributed by atoms with Crippen LogP contribution in [-0.4, -0.2) is 22.3 Å². The fourth-order valence-electron chi connectivity index (χ4n) is 2.68. The molecular formula is C22H21FN4O2. The van der Waals surface area contributed by atoms with Gasteiger partial charge < -0.3 is 10.1 Å². The number of nitrogens with one attached hydrogen (secondary N) is 1. The summed E-state index contributed by atoms with van der Waals surface area (Å²) in [4.78, 5) is 12.7. The number of carbonyl (C=O) groups excluding carboxylic acids is 1. The Morgan fingerprint density at radius 2 is 2.00 bits per heavy atom. The van der Waals surface area contributed by atoms with Crippen LogP contribution in [0.1, 0.15) is 35.5 Å². The number of nitriles is 1. The number of amides is 1. The van der Waals surface area contributed by atoms with E-state index < -0.39 is 0 Å². The highest BCUT2D eigenvalue weighted by Crippen LogP contribution is 2.23. The molecule has 7 heteroatoms. The second-order valence-electron chi connectivity index (χ2n) is 7.03. The van der Waals surface area contributed by atoms with Gasteiger partial charge in [-0.05, 0) is 55.3 Å². The molecule has 0 saturated carbocycles. The number of anilines is 1. The van der Waals surface area contributed by atoms with Crippen LogP contribution in [0.25, 0.3) is 5.69 Å². The van der Waals surface area contributed by atoms with E-state index >= 15 is 0 Å². The maximum absolute atomic E-state index is 13.1. The van der Waals surface area contributed by atoms with Gasteiger partial charge in [-0.1, -0.05) is 13.8 Å². The Labute approximate surface area is 168 Å². The van der Waals surface area contributed by atoms with Crippen LogP contribution in [0.2, 0.25) is 0 Å². The summed E-state index contributed by atoms with van der Waals surface area (Å²) in [5, 5.41) is 16.5. The van der Waals surface area contributed by atoms with Gasteiger partial charge in [-0.3, -0.25) is 4.79 Å². The molecule has 6 nitrogen and oxygen atoms in total.